The highest BCUT2D eigenvalue weighted by atomic mass is 16.5. The van der Waals surface area contributed by atoms with Gasteiger partial charge in [0.05, 0.1) is 12.1 Å². The van der Waals surface area contributed by atoms with Gasteiger partial charge in [-0.2, -0.15) is 0 Å². The van der Waals surface area contributed by atoms with Crippen LogP contribution in [0.3, 0.4) is 0 Å². The number of hydrogen-bond donors (Lipinski definition) is 1. The predicted molar refractivity (Wildman–Crippen MR) is 48.3 cm³/mol. The van der Waals surface area contributed by atoms with Crippen LogP contribution in [0, 0.1) is 0 Å². The molecule has 2 aliphatic rings. The summed E-state index contributed by atoms with van der Waals surface area (Å²) in [6.07, 6.45) is 2.91. The minimum absolute atomic E-state index is 0.0130. The third-order valence-electron chi connectivity index (χ3n) is 2.87. The van der Waals surface area contributed by atoms with Crippen LogP contribution in [0.5, 0.6) is 0 Å². The van der Waals surface area contributed by atoms with Gasteiger partial charge in [-0.3, -0.25) is 9.80 Å². The van der Waals surface area contributed by atoms with Gasteiger partial charge in [0.15, 0.2) is 0 Å². The number of nitrogens with zero attached hydrogens (tertiary/aromatic N) is 1. The lowest BCUT2D eigenvalue weighted by atomic mass is 9.89. The number of hydrazine groups is 1. The van der Waals surface area contributed by atoms with Gasteiger partial charge in [-0.15, -0.1) is 0 Å². The zero-order valence-electron chi connectivity index (χ0n) is 7.99. The van der Waals surface area contributed by atoms with E-state index in [0.29, 0.717) is 19.6 Å². The highest BCUT2D eigenvalue weighted by Gasteiger charge is 2.43. The Balaban J connectivity index is 2.02. The van der Waals surface area contributed by atoms with Crippen LogP contribution in [0.2, 0.25) is 0 Å². The predicted octanol–water partition coefficient (Wildman–Crippen LogP) is -0.529. The lowest BCUT2D eigenvalue weighted by Crippen LogP contribution is -2.49. The Morgan fingerprint density at radius 2 is 2.21 bits per heavy atom. The zero-order chi connectivity index (χ0) is 10.0. The average Bonchev–Trinajstić information content (AvgIpc) is 2.45. The highest BCUT2D eigenvalue weighted by molar-refractivity contribution is 5.81. The van der Waals surface area contributed by atoms with Gasteiger partial charge in [0.2, 0.25) is 5.91 Å². The maximum absolute atomic E-state index is 11.5. The first-order chi connectivity index (χ1) is 6.76. The maximum atomic E-state index is 11.5. The second-order valence-electron chi connectivity index (χ2n) is 3.85. The molecule has 2 fully saturated rings. The molecule has 0 saturated carbocycles. The van der Waals surface area contributed by atoms with Crippen molar-refractivity contribution in [2.45, 2.75) is 24.8 Å². The van der Waals surface area contributed by atoms with Gasteiger partial charge < -0.3 is 9.53 Å². The van der Waals surface area contributed by atoms with Crippen molar-refractivity contribution in [3.8, 4) is 0 Å². The van der Waals surface area contributed by atoms with E-state index in [2.05, 4.69) is 5.43 Å². The Labute approximate surface area is 82.4 Å². The molecule has 1 spiro atoms. The summed E-state index contributed by atoms with van der Waals surface area (Å²) in [5.41, 5.74) is 2.99. The van der Waals surface area contributed by atoms with Gasteiger partial charge in [0, 0.05) is 19.6 Å². The van der Waals surface area contributed by atoms with E-state index >= 15 is 0 Å². The molecule has 2 saturated heterocycles. The summed E-state index contributed by atoms with van der Waals surface area (Å²) in [5.74, 6) is 0.0130. The van der Waals surface area contributed by atoms with E-state index in [1.807, 2.05) is 0 Å². The molecule has 2 rings (SSSR count). The summed E-state index contributed by atoms with van der Waals surface area (Å²) < 4.78 is 5.25. The summed E-state index contributed by atoms with van der Waals surface area (Å²) in [6, 6.07) is 0. The molecule has 2 heterocycles. The van der Waals surface area contributed by atoms with Crippen LogP contribution in [-0.4, -0.2) is 42.5 Å². The first kappa shape index (κ1) is 9.61. The number of ether oxygens (including phenoxy) is 1. The summed E-state index contributed by atoms with van der Waals surface area (Å²) >= 11 is 0. The maximum Gasteiger partial charge on any atom is 0.239 e. The van der Waals surface area contributed by atoms with E-state index in [1.54, 1.807) is 0 Å². The normalized spacial score (nSPS) is 25.7. The van der Waals surface area contributed by atoms with Crippen LogP contribution >= 0.6 is 0 Å². The summed E-state index contributed by atoms with van der Waals surface area (Å²) in [7, 11) is 0. The lowest BCUT2D eigenvalue weighted by Gasteiger charge is -2.33. The minimum atomic E-state index is -0.141. The number of carbonyl (C=O) groups excluding carboxylic acids is 2. The van der Waals surface area contributed by atoms with Gasteiger partial charge in [0.1, 0.15) is 6.29 Å². The smallest absolute Gasteiger partial charge is 0.239 e. The van der Waals surface area contributed by atoms with E-state index in [4.69, 9.17) is 4.74 Å². The van der Waals surface area contributed by atoms with Gasteiger partial charge in [0.25, 0.3) is 0 Å². The molecule has 1 N–H and O–H groups in total. The van der Waals surface area contributed by atoms with E-state index < -0.39 is 0 Å². The highest BCUT2D eigenvalue weighted by Crippen LogP contribution is 2.29. The fourth-order valence-electron chi connectivity index (χ4n) is 2.05. The molecule has 0 radical (unpaired) electrons. The molecule has 1 amide bonds. The van der Waals surface area contributed by atoms with Crippen molar-refractivity contribution < 1.29 is 14.3 Å². The summed E-state index contributed by atoms with van der Waals surface area (Å²) in [6.45, 7) is 1.52. The Bertz CT molecular complexity index is 248. The third kappa shape index (κ3) is 1.65. The van der Waals surface area contributed by atoms with Crippen molar-refractivity contribution in [1.29, 1.82) is 0 Å². The fraction of sp³-hybridized carbons (Fsp3) is 0.778. The number of hydrogen-bond acceptors (Lipinski definition) is 4. The largest absolute Gasteiger partial charge is 0.381 e. The van der Waals surface area contributed by atoms with Crippen molar-refractivity contribution in [2.75, 3.05) is 19.8 Å². The minimum Gasteiger partial charge on any atom is -0.381 e. The van der Waals surface area contributed by atoms with Crippen LogP contribution in [-0.2, 0) is 14.3 Å². The molecule has 0 aromatic rings. The van der Waals surface area contributed by atoms with Crippen LogP contribution < -0.4 is 5.43 Å². The molecule has 0 aliphatic carbocycles. The van der Waals surface area contributed by atoms with Crippen LogP contribution in [0.1, 0.15) is 19.3 Å². The third-order valence-corrected chi connectivity index (χ3v) is 2.87. The van der Waals surface area contributed by atoms with Crippen molar-refractivity contribution in [3.63, 3.8) is 0 Å². The van der Waals surface area contributed by atoms with E-state index in [9.17, 15) is 9.59 Å². The first-order valence-corrected chi connectivity index (χ1v) is 4.85. The number of carbonyl (C=O) groups is 2. The second kappa shape index (κ2) is 3.67. The molecule has 78 valence electrons. The van der Waals surface area contributed by atoms with Crippen molar-refractivity contribution in [1.82, 2.24) is 10.4 Å². The molecule has 5 nitrogen and oxygen atoms in total. The molecule has 0 unspecified atom stereocenters. The SMILES string of the molecule is O=CCN1NC2(CCOCC2)CC1=O. The van der Waals surface area contributed by atoms with E-state index in [-0.39, 0.29) is 18.0 Å². The van der Waals surface area contributed by atoms with Gasteiger partial charge in [-0.1, -0.05) is 0 Å². The lowest BCUT2D eigenvalue weighted by molar-refractivity contribution is -0.131. The Kier molecular flexibility index (Phi) is 2.52. The second-order valence-corrected chi connectivity index (χ2v) is 3.85. The zero-order valence-corrected chi connectivity index (χ0v) is 7.99. The Morgan fingerprint density at radius 1 is 1.50 bits per heavy atom. The van der Waals surface area contributed by atoms with E-state index in [0.717, 1.165) is 19.1 Å². The Hall–Kier alpha value is -0.940. The van der Waals surface area contributed by atoms with Crippen LogP contribution in [0.15, 0.2) is 0 Å². The topological polar surface area (TPSA) is 58.6 Å². The van der Waals surface area contributed by atoms with Crippen LogP contribution in [0.4, 0.5) is 0 Å². The monoisotopic (exact) mass is 198 g/mol. The fourth-order valence-corrected chi connectivity index (χ4v) is 2.05. The van der Waals surface area contributed by atoms with E-state index in [1.165, 1.54) is 5.01 Å². The molecule has 0 aromatic heterocycles. The number of amides is 1. The average molecular weight is 198 g/mol. The molecule has 2 aliphatic heterocycles. The molecular formula is C9H14N2O3. The molecule has 5 heteroatoms. The summed E-state index contributed by atoms with van der Waals surface area (Å²) in [5, 5.41) is 1.42. The van der Waals surface area contributed by atoms with Crippen molar-refractivity contribution in [2.24, 2.45) is 0 Å². The number of rotatable bonds is 2. The quantitative estimate of drug-likeness (QED) is 0.606. The van der Waals surface area contributed by atoms with Gasteiger partial charge >= 0.3 is 0 Å². The molecule has 14 heavy (non-hydrogen) atoms. The molecule has 0 bridgehead atoms. The molecule has 0 aromatic carbocycles. The summed E-state index contributed by atoms with van der Waals surface area (Å²) in [4.78, 5) is 21.8. The van der Waals surface area contributed by atoms with Gasteiger partial charge in [-0.25, -0.2) is 5.43 Å². The Morgan fingerprint density at radius 3 is 2.86 bits per heavy atom. The number of nitrogens with one attached hydrogen (secondary N) is 1. The molecule has 0 atom stereocenters. The standard InChI is InChI=1S/C9H14N2O3/c12-4-3-11-8(13)7-9(10-11)1-5-14-6-2-9/h4,10H,1-3,5-7H2. The first-order valence-electron chi connectivity index (χ1n) is 4.85. The van der Waals surface area contributed by atoms with Crippen LogP contribution in [0.25, 0.3) is 0 Å². The van der Waals surface area contributed by atoms with Gasteiger partial charge in [-0.05, 0) is 12.8 Å². The number of aldehydes is 1. The van der Waals surface area contributed by atoms with Crippen molar-refractivity contribution in [3.05, 3.63) is 0 Å². The van der Waals surface area contributed by atoms with Crippen molar-refractivity contribution >= 4 is 12.2 Å². The molecular weight excluding hydrogens is 184 g/mol.